The van der Waals surface area contributed by atoms with E-state index in [4.69, 9.17) is 0 Å². The van der Waals surface area contributed by atoms with E-state index in [2.05, 4.69) is 10.1 Å². The van der Waals surface area contributed by atoms with Gasteiger partial charge in [0.15, 0.2) is 11.4 Å². The standard InChI is InChI=1S/C20H25N5O3/c1-12-8-13(2)25-19(22-12)16(10-21-25)18(27)14-4-6-24(7-5-14)20(28)15-9-17(26)23(3)11-15/h8,10,14-15H,4-7,9,11H2,1-3H3. The van der Waals surface area contributed by atoms with Crippen LogP contribution < -0.4 is 0 Å². The van der Waals surface area contributed by atoms with Crippen molar-refractivity contribution in [3.8, 4) is 0 Å². The number of Topliss-reactive ketones (excluding diaryl/α,β-unsaturated/α-hetero) is 1. The van der Waals surface area contributed by atoms with E-state index in [9.17, 15) is 14.4 Å². The van der Waals surface area contributed by atoms with Crippen LogP contribution in [0.5, 0.6) is 0 Å². The van der Waals surface area contributed by atoms with Crippen LogP contribution in [-0.2, 0) is 9.59 Å². The van der Waals surface area contributed by atoms with E-state index >= 15 is 0 Å². The number of aromatic nitrogens is 3. The zero-order valence-corrected chi connectivity index (χ0v) is 16.5. The zero-order valence-electron chi connectivity index (χ0n) is 16.5. The topological polar surface area (TPSA) is 87.9 Å². The molecule has 8 nitrogen and oxygen atoms in total. The third-order valence-electron chi connectivity index (χ3n) is 5.91. The molecule has 2 fully saturated rings. The lowest BCUT2D eigenvalue weighted by molar-refractivity contribution is -0.137. The predicted molar refractivity (Wildman–Crippen MR) is 102 cm³/mol. The maximum atomic E-state index is 13.1. The molecule has 2 aromatic heterocycles. The number of hydrogen-bond donors (Lipinski definition) is 0. The smallest absolute Gasteiger partial charge is 0.227 e. The van der Waals surface area contributed by atoms with Gasteiger partial charge in [-0.1, -0.05) is 0 Å². The van der Waals surface area contributed by atoms with Crippen molar-refractivity contribution in [2.45, 2.75) is 33.1 Å². The molecule has 1 atom stereocenters. The highest BCUT2D eigenvalue weighted by atomic mass is 16.2. The Kier molecular flexibility index (Phi) is 4.64. The number of carbonyl (C=O) groups is 3. The van der Waals surface area contributed by atoms with E-state index in [1.165, 1.54) is 0 Å². The van der Waals surface area contributed by atoms with E-state index in [0.29, 0.717) is 50.1 Å². The molecule has 0 saturated carbocycles. The van der Waals surface area contributed by atoms with E-state index in [-0.39, 0.29) is 29.4 Å². The van der Waals surface area contributed by atoms with Crippen molar-refractivity contribution in [2.24, 2.45) is 11.8 Å². The molecule has 148 valence electrons. The lowest BCUT2D eigenvalue weighted by Crippen LogP contribution is -2.43. The number of likely N-dealkylation sites (tertiary alicyclic amines) is 2. The molecule has 0 bridgehead atoms. The van der Waals surface area contributed by atoms with Gasteiger partial charge < -0.3 is 9.80 Å². The fourth-order valence-corrected chi connectivity index (χ4v) is 4.31. The van der Waals surface area contributed by atoms with Crippen LogP contribution in [0.15, 0.2) is 12.3 Å². The van der Waals surface area contributed by atoms with Crippen LogP contribution in [0, 0.1) is 25.7 Å². The van der Waals surface area contributed by atoms with Gasteiger partial charge in [0.1, 0.15) is 0 Å². The van der Waals surface area contributed by atoms with E-state index in [0.717, 1.165) is 11.4 Å². The van der Waals surface area contributed by atoms with E-state index in [1.807, 2.05) is 24.8 Å². The minimum absolute atomic E-state index is 0.0228. The lowest BCUT2D eigenvalue weighted by Gasteiger charge is -2.32. The Bertz CT molecular complexity index is 958. The number of amides is 2. The van der Waals surface area contributed by atoms with Gasteiger partial charge in [0.2, 0.25) is 11.8 Å². The summed E-state index contributed by atoms with van der Waals surface area (Å²) < 4.78 is 1.70. The van der Waals surface area contributed by atoms with Gasteiger partial charge in [-0.15, -0.1) is 0 Å². The molecule has 0 spiro atoms. The normalized spacial score (nSPS) is 21.0. The third-order valence-corrected chi connectivity index (χ3v) is 5.91. The Hall–Kier alpha value is -2.77. The summed E-state index contributed by atoms with van der Waals surface area (Å²) >= 11 is 0. The average molecular weight is 383 g/mol. The maximum Gasteiger partial charge on any atom is 0.227 e. The van der Waals surface area contributed by atoms with Crippen LogP contribution in [0.1, 0.15) is 41.0 Å². The SMILES string of the molecule is Cc1cc(C)n2ncc(C(=O)C3CCN(C(=O)C4CC(=O)N(C)C4)CC3)c2n1. The largest absolute Gasteiger partial charge is 0.345 e. The van der Waals surface area contributed by atoms with Crippen LogP contribution in [0.25, 0.3) is 5.65 Å². The van der Waals surface area contributed by atoms with E-state index < -0.39 is 0 Å². The third kappa shape index (κ3) is 3.16. The number of aryl methyl sites for hydroxylation is 2. The summed E-state index contributed by atoms with van der Waals surface area (Å²) in [5.41, 5.74) is 2.96. The predicted octanol–water partition coefficient (Wildman–Crippen LogP) is 1.25. The van der Waals surface area contributed by atoms with Gasteiger partial charge in [-0.2, -0.15) is 5.10 Å². The number of carbonyl (C=O) groups excluding carboxylic acids is 3. The van der Waals surface area contributed by atoms with E-state index in [1.54, 1.807) is 22.7 Å². The molecule has 2 aliphatic heterocycles. The monoisotopic (exact) mass is 383 g/mol. The quantitative estimate of drug-likeness (QED) is 0.745. The first-order valence-corrected chi connectivity index (χ1v) is 9.74. The Morgan fingerprint density at radius 3 is 2.50 bits per heavy atom. The fraction of sp³-hybridized carbons (Fsp3) is 0.550. The van der Waals surface area contributed by atoms with Crippen LogP contribution in [0.4, 0.5) is 0 Å². The highest BCUT2D eigenvalue weighted by Crippen LogP contribution is 2.26. The summed E-state index contributed by atoms with van der Waals surface area (Å²) in [4.78, 5) is 45.4. The number of piperidine rings is 1. The second kappa shape index (κ2) is 7.00. The van der Waals surface area contributed by atoms with Crippen molar-refractivity contribution in [3.05, 3.63) is 29.2 Å². The summed E-state index contributed by atoms with van der Waals surface area (Å²) in [6, 6.07) is 1.93. The minimum atomic E-state index is -0.250. The molecule has 1 unspecified atom stereocenters. The second-order valence-electron chi connectivity index (χ2n) is 7.97. The first kappa shape index (κ1) is 18.6. The van der Waals surface area contributed by atoms with Crippen LogP contribution in [0.2, 0.25) is 0 Å². The molecule has 28 heavy (non-hydrogen) atoms. The molecule has 0 radical (unpaired) electrons. The van der Waals surface area contributed by atoms with Crippen molar-refractivity contribution in [3.63, 3.8) is 0 Å². The summed E-state index contributed by atoms with van der Waals surface area (Å²) in [5, 5.41) is 4.32. The van der Waals surface area contributed by atoms with Gasteiger partial charge in [-0.3, -0.25) is 14.4 Å². The molecular formula is C20H25N5O3. The Balaban J connectivity index is 1.43. The number of fused-ring (bicyclic) bond motifs is 1. The maximum absolute atomic E-state index is 13.1. The molecule has 0 N–H and O–H groups in total. The Morgan fingerprint density at radius 1 is 1.14 bits per heavy atom. The molecule has 2 aliphatic rings. The summed E-state index contributed by atoms with van der Waals surface area (Å²) in [6.45, 7) is 5.44. The lowest BCUT2D eigenvalue weighted by atomic mass is 9.89. The molecule has 0 aromatic carbocycles. The molecule has 0 aliphatic carbocycles. The molecule has 8 heteroatoms. The number of ketones is 1. The van der Waals surface area contributed by atoms with Crippen molar-refractivity contribution in [1.29, 1.82) is 0 Å². The molecule has 4 heterocycles. The highest BCUT2D eigenvalue weighted by Gasteiger charge is 2.37. The van der Waals surface area contributed by atoms with Crippen molar-refractivity contribution in [1.82, 2.24) is 24.4 Å². The van der Waals surface area contributed by atoms with Crippen molar-refractivity contribution >= 4 is 23.2 Å². The number of rotatable bonds is 3. The Labute approximate surface area is 163 Å². The average Bonchev–Trinajstić information content (AvgIpc) is 3.24. The highest BCUT2D eigenvalue weighted by molar-refractivity contribution is 6.03. The summed E-state index contributed by atoms with van der Waals surface area (Å²) in [6.07, 6.45) is 3.15. The first-order chi connectivity index (χ1) is 13.3. The summed E-state index contributed by atoms with van der Waals surface area (Å²) in [5.74, 6) is -0.274. The number of hydrogen-bond acceptors (Lipinski definition) is 5. The molecule has 2 amide bonds. The van der Waals surface area contributed by atoms with Gasteiger partial charge in [-0.25, -0.2) is 9.50 Å². The van der Waals surface area contributed by atoms with Crippen LogP contribution in [0.3, 0.4) is 0 Å². The van der Waals surface area contributed by atoms with Gasteiger partial charge in [-0.05, 0) is 32.8 Å². The Morgan fingerprint density at radius 2 is 1.86 bits per heavy atom. The van der Waals surface area contributed by atoms with Crippen molar-refractivity contribution < 1.29 is 14.4 Å². The molecule has 2 aromatic rings. The van der Waals surface area contributed by atoms with Gasteiger partial charge in [0.25, 0.3) is 0 Å². The second-order valence-corrected chi connectivity index (χ2v) is 7.97. The van der Waals surface area contributed by atoms with Crippen LogP contribution in [-0.4, -0.2) is 68.7 Å². The first-order valence-electron chi connectivity index (χ1n) is 9.74. The summed E-state index contributed by atoms with van der Waals surface area (Å²) in [7, 11) is 1.73. The molecule has 2 saturated heterocycles. The van der Waals surface area contributed by atoms with Crippen LogP contribution >= 0.6 is 0 Å². The minimum Gasteiger partial charge on any atom is -0.345 e. The molecular weight excluding hydrogens is 358 g/mol. The fourth-order valence-electron chi connectivity index (χ4n) is 4.31. The zero-order chi connectivity index (χ0) is 20.0. The van der Waals surface area contributed by atoms with Gasteiger partial charge in [0.05, 0.1) is 17.7 Å². The van der Waals surface area contributed by atoms with Gasteiger partial charge in [0, 0.05) is 50.4 Å². The van der Waals surface area contributed by atoms with Gasteiger partial charge >= 0.3 is 0 Å². The van der Waals surface area contributed by atoms with Crippen molar-refractivity contribution in [2.75, 3.05) is 26.7 Å². The molecule has 4 rings (SSSR count). The number of nitrogens with zero attached hydrogens (tertiary/aromatic N) is 5.